The highest BCUT2D eigenvalue weighted by Crippen LogP contribution is 2.21. The maximum Gasteiger partial charge on any atom is 0.253 e. The van der Waals surface area contributed by atoms with Crippen molar-refractivity contribution < 1.29 is 14.0 Å². The molecule has 2 amide bonds. The first-order valence-electron chi connectivity index (χ1n) is 11.0. The molecule has 7 heteroatoms. The maximum absolute atomic E-state index is 13.9. The van der Waals surface area contributed by atoms with Crippen LogP contribution in [0.3, 0.4) is 0 Å². The van der Waals surface area contributed by atoms with Gasteiger partial charge in [-0.3, -0.25) is 19.4 Å². The van der Waals surface area contributed by atoms with Crippen molar-refractivity contribution in [2.75, 3.05) is 38.0 Å². The number of carbonyl (C=O) groups excluding carboxylic acids is 2. The van der Waals surface area contributed by atoms with Gasteiger partial charge in [-0.2, -0.15) is 0 Å². The van der Waals surface area contributed by atoms with Gasteiger partial charge in [-0.1, -0.05) is 30.3 Å². The Bertz CT molecular complexity index is 931. The molecule has 0 spiro atoms. The summed E-state index contributed by atoms with van der Waals surface area (Å²) in [5.74, 6) is -0.446. The van der Waals surface area contributed by atoms with Crippen LogP contribution in [0.15, 0.2) is 48.5 Å². The molecule has 1 aliphatic carbocycles. The number of benzene rings is 2. The lowest BCUT2D eigenvalue weighted by Crippen LogP contribution is -2.36. The average molecular weight is 425 g/mol. The maximum atomic E-state index is 13.9. The van der Waals surface area contributed by atoms with E-state index < -0.39 is 0 Å². The monoisotopic (exact) mass is 424 g/mol. The molecule has 31 heavy (non-hydrogen) atoms. The van der Waals surface area contributed by atoms with Gasteiger partial charge in [-0.15, -0.1) is 0 Å². The molecule has 2 fully saturated rings. The third-order valence-corrected chi connectivity index (χ3v) is 5.76. The molecule has 1 saturated heterocycles. The number of rotatable bonds is 7. The van der Waals surface area contributed by atoms with Gasteiger partial charge < -0.3 is 10.6 Å². The Hall–Kier alpha value is -2.77. The van der Waals surface area contributed by atoms with Crippen molar-refractivity contribution >= 4 is 17.5 Å². The SMILES string of the molecule is O=C(CN1CCCN(Cc2ccccc2F)CC1)Nc1ccccc1C(=O)NC1CC1. The van der Waals surface area contributed by atoms with E-state index in [1.165, 1.54) is 6.07 Å². The molecular formula is C24H29FN4O2. The van der Waals surface area contributed by atoms with Crippen LogP contribution in [0.1, 0.15) is 35.2 Å². The van der Waals surface area contributed by atoms with Gasteiger partial charge in [0.2, 0.25) is 5.91 Å². The molecule has 2 aromatic carbocycles. The molecule has 0 aromatic heterocycles. The third-order valence-electron chi connectivity index (χ3n) is 5.76. The van der Waals surface area contributed by atoms with Crippen molar-refractivity contribution in [2.24, 2.45) is 0 Å². The lowest BCUT2D eigenvalue weighted by molar-refractivity contribution is -0.117. The van der Waals surface area contributed by atoms with E-state index in [4.69, 9.17) is 0 Å². The highest BCUT2D eigenvalue weighted by molar-refractivity contribution is 6.04. The Kier molecular flexibility index (Phi) is 6.94. The molecule has 1 heterocycles. The molecule has 6 nitrogen and oxygen atoms in total. The fraction of sp³-hybridized carbons (Fsp3) is 0.417. The zero-order valence-corrected chi connectivity index (χ0v) is 17.6. The summed E-state index contributed by atoms with van der Waals surface area (Å²) in [5, 5.41) is 5.88. The van der Waals surface area contributed by atoms with Gasteiger partial charge in [-0.05, 0) is 50.6 Å². The van der Waals surface area contributed by atoms with Crippen LogP contribution in [0, 0.1) is 5.82 Å². The summed E-state index contributed by atoms with van der Waals surface area (Å²) < 4.78 is 13.9. The minimum Gasteiger partial charge on any atom is -0.349 e. The van der Waals surface area contributed by atoms with Crippen LogP contribution in [0.25, 0.3) is 0 Å². The predicted molar refractivity (Wildman–Crippen MR) is 118 cm³/mol. The number of amides is 2. The van der Waals surface area contributed by atoms with Gasteiger partial charge in [0, 0.05) is 31.2 Å². The van der Waals surface area contributed by atoms with Crippen LogP contribution in [0.5, 0.6) is 0 Å². The molecule has 1 saturated carbocycles. The Morgan fingerprint density at radius 1 is 0.935 bits per heavy atom. The van der Waals surface area contributed by atoms with Crippen molar-refractivity contribution in [3.8, 4) is 0 Å². The van der Waals surface area contributed by atoms with Gasteiger partial charge in [0.05, 0.1) is 17.8 Å². The number of para-hydroxylation sites is 1. The average Bonchev–Trinajstić information content (AvgIpc) is 3.59. The Balaban J connectivity index is 1.29. The second-order valence-corrected chi connectivity index (χ2v) is 8.34. The number of nitrogens with one attached hydrogen (secondary N) is 2. The highest BCUT2D eigenvalue weighted by Gasteiger charge is 2.25. The number of nitrogens with zero attached hydrogens (tertiary/aromatic N) is 2. The van der Waals surface area contributed by atoms with Crippen LogP contribution in [0.4, 0.5) is 10.1 Å². The Morgan fingerprint density at radius 2 is 1.65 bits per heavy atom. The molecule has 0 bridgehead atoms. The topological polar surface area (TPSA) is 64.7 Å². The molecular weight excluding hydrogens is 395 g/mol. The third kappa shape index (κ3) is 6.12. The van der Waals surface area contributed by atoms with Crippen molar-refractivity contribution in [1.29, 1.82) is 0 Å². The lowest BCUT2D eigenvalue weighted by Gasteiger charge is -2.22. The summed E-state index contributed by atoms with van der Waals surface area (Å²) in [7, 11) is 0. The van der Waals surface area contributed by atoms with Crippen molar-refractivity contribution in [3.05, 3.63) is 65.5 Å². The second kappa shape index (κ2) is 10.0. The molecule has 2 N–H and O–H groups in total. The zero-order chi connectivity index (χ0) is 21.6. The van der Waals surface area contributed by atoms with Crippen LogP contribution in [-0.2, 0) is 11.3 Å². The molecule has 2 aliphatic rings. The van der Waals surface area contributed by atoms with Gasteiger partial charge in [0.1, 0.15) is 5.82 Å². The van der Waals surface area contributed by atoms with Crippen LogP contribution in [-0.4, -0.2) is 60.4 Å². The lowest BCUT2D eigenvalue weighted by atomic mass is 10.1. The zero-order valence-electron chi connectivity index (χ0n) is 17.6. The largest absolute Gasteiger partial charge is 0.349 e. The molecule has 0 unspecified atom stereocenters. The first kappa shape index (κ1) is 21.5. The van der Waals surface area contributed by atoms with Gasteiger partial charge in [0.15, 0.2) is 0 Å². The van der Waals surface area contributed by atoms with Crippen LogP contribution in [0.2, 0.25) is 0 Å². The van der Waals surface area contributed by atoms with Crippen molar-refractivity contribution in [3.63, 3.8) is 0 Å². The molecule has 1 aliphatic heterocycles. The number of hydrogen-bond donors (Lipinski definition) is 2. The Labute approximate surface area is 182 Å². The van der Waals surface area contributed by atoms with Crippen molar-refractivity contribution in [1.82, 2.24) is 15.1 Å². The standard InChI is InChI=1S/C24H29FN4O2/c25-21-8-3-1-6-18(21)16-28-12-5-13-29(15-14-28)17-23(30)27-22-9-4-2-7-20(22)24(31)26-19-10-11-19/h1-4,6-9,19H,5,10-17H2,(H,26,31)(H,27,30). The summed E-state index contributed by atoms with van der Waals surface area (Å²) >= 11 is 0. The smallest absolute Gasteiger partial charge is 0.253 e. The Morgan fingerprint density at radius 3 is 2.45 bits per heavy atom. The minimum atomic E-state index is -0.174. The summed E-state index contributed by atoms with van der Waals surface area (Å²) in [6, 6.07) is 14.3. The van der Waals surface area contributed by atoms with E-state index in [2.05, 4.69) is 20.4 Å². The minimum absolute atomic E-state index is 0.130. The van der Waals surface area contributed by atoms with E-state index >= 15 is 0 Å². The van der Waals surface area contributed by atoms with E-state index in [0.29, 0.717) is 23.4 Å². The summed E-state index contributed by atoms with van der Waals surface area (Å²) in [6.45, 7) is 4.05. The number of anilines is 1. The van der Waals surface area contributed by atoms with Crippen LogP contribution < -0.4 is 10.6 Å². The van der Waals surface area contributed by atoms with Crippen LogP contribution >= 0.6 is 0 Å². The molecule has 2 aromatic rings. The first-order chi connectivity index (χ1) is 15.1. The van der Waals surface area contributed by atoms with Gasteiger partial charge >= 0.3 is 0 Å². The van der Waals surface area contributed by atoms with E-state index in [1.54, 1.807) is 24.3 Å². The van der Waals surface area contributed by atoms with E-state index in [9.17, 15) is 14.0 Å². The molecule has 0 atom stereocenters. The molecule has 4 rings (SSSR count). The second-order valence-electron chi connectivity index (χ2n) is 8.34. The van der Waals surface area contributed by atoms with Gasteiger partial charge in [0.25, 0.3) is 5.91 Å². The first-order valence-corrected chi connectivity index (χ1v) is 11.0. The number of hydrogen-bond acceptors (Lipinski definition) is 4. The summed E-state index contributed by atoms with van der Waals surface area (Å²) in [4.78, 5) is 29.5. The fourth-order valence-corrected chi connectivity index (χ4v) is 3.88. The highest BCUT2D eigenvalue weighted by atomic mass is 19.1. The fourth-order valence-electron chi connectivity index (χ4n) is 3.88. The quantitative estimate of drug-likeness (QED) is 0.718. The van der Waals surface area contributed by atoms with Gasteiger partial charge in [-0.25, -0.2) is 4.39 Å². The summed E-state index contributed by atoms with van der Waals surface area (Å²) in [5.41, 5.74) is 1.74. The van der Waals surface area contributed by atoms with Crippen molar-refractivity contribution in [2.45, 2.75) is 31.8 Å². The van der Waals surface area contributed by atoms with E-state index in [-0.39, 0.29) is 30.2 Å². The summed E-state index contributed by atoms with van der Waals surface area (Å²) in [6.07, 6.45) is 2.95. The van der Waals surface area contributed by atoms with E-state index in [0.717, 1.165) is 45.4 Å². The number of carbonyl (C=O) groups is 2. The molecule has 0 radical (unpaired) electrons. The number of halogens is 1. The normalized spacial score (nSPS) is 17.7. The van der Waals surface area contributed by atoms with E-state index in [1.807, 2.05) is 18.2 Å². The predicted octanol–water partition coefficient (Wildman–Crippen LogP) is 2.86. The molecule has 164 valence electrons.